The Morgan fingerprint density at radius 3 is 2.69 bits per heavy atom. The van der Waals surface area contributed by atoms with E-state index in [1.54, 1.807) is 6.07 Å². The first kappa shape index (κ1) is 18.0. The van der Waals surface area contributed by atoms with Crippen LogP contribution in [0.4, 0.5) is 0 Å². The Morgan fingerprint density at radius 1 is 1.12 bits per heavy atom. The highest BCUT2D eigenvalue weighted by atomic mass is 16.5. The number of rotatable bonds is 8. The SMILES string of the molecule is CCCNCCCOc1cc(O)c2c(=O)cc(-c3ccccc3)oc2c1. The maximum absolute atomic E-state index is 12.4. The molecular formula is C21H23NO4. The van der Waals surface area contributed by atoms with Crippen molar-refractivity contribution in [1.82, 2.24) is 5.32 Å². The van der Waals surface area contributed by atoms with Gasteiger partial charge in [0.1, 0.15) is 28.2 Å². The van der Waals surface area contributed by atoms with E-state index in [2.05, 4.69) is 12.2 Å². The quantitative estimate of drug-likeness (QED) is 0.600. The van der Waals surface area contributed by atoms with Crippen molar-refractivity contribution in [2.24, 2.45) is 0 Å². The summed E-state index contributed by atoms with van der Waals surface area (Å²) in [6.07, 6.45) is 1.95. The van der Waals surface area contributed by atoms with Gasteiger partial charge in [0.25, 0.3) is 0 Å². The lowest BCUT2D eigenvalue weighted by Gasteiger charge is -2.09. The van der Waals surface area contributed by atoms with Crippen LogP contribution >= 0.6 is 0 Å². The first-order chi connectivity index (χ1) is 12.7. The van der Waals surface area contributed by atoms with Crippen LogP contribution in [0, 0.1) is 0 Å². The van der Waals surface area contributed by atoms with Gasteiger partial charge in [-0.3, -0.25) is 4.79 Å². The zero-order valence-electron chi connectivity index (χ0n) is 14.8. The minimum absolute atomic E-state index is 0.130. The highest BCUT2D eigenvalue weighted by Crippen LogP contribution is 2.31. The van der Waals surface area contributed by atoms with E-state index < -0.39 is 0 Å². The number of phenols is 1. The van der Waals surface area contributed by atoms with E-state index in [0.29, 0.717) is 23.7 Å². The van der Waals surface area contributed by atoms with Gasteiger partial charge in [0.2, 0.25) is 0 Å². The third kappa shape index (κ3) is 4.24. The molecule has 3 rings (SSSR count). The molecule has 1 heterocycles. The lowest BCUT2D eigenvalue weighted by atomic mass is 10.1. The second-order valence-corrected chi connectivity index (χ2v) is 6.11. The Bertz CT molecular complexity index is 918. The highest BCUT2D eigenvalue weighted by Gasteiger charge is 2.12. The van der Waals surface area contributed by atoms with Gasteiger partial charge >= 0.3 is 0 Å². The average Bonchev–Trinajstić information content (AvgIpc) is 2.64. The molecule has 0 saturated carbocycles. The molecule has 0 aliphatic rings. The normalized spacial score (nSPS) is 11.0. The number of phenolic OH excluding ortho intramolecular Hbond substituents is 1. The molecule has 0 amide bonds. The summed E-state index contributed by atoms with van der Waals surface area (Å²) in [6, 6.07) is 13.9. The van der Waals surface area contributed by atoms with Crippen molar-refractivity contribution in [3.05, 3.63) is 58.8 Å². The highest BCUT2D eigenvalue weighted by molar-refractivity contribution is 5.86. The molecule has 0 fully saturated rings. The van der Waals surface area contributed by atoms with E-state index in [1.165, 1.54) is 12.1 Å². The third-order valence-electron chi connectivity index (χ3n) is 4.04. The summed E-state index contributed by atoms with van der Waals surface area (Å²) in [7, 11) is 0. The van der Waals surface area contributed by atoms with Crippen LogP contribution in [-0.4, -0.2) is 24.8 Å². The predicted molar refractivity (Wildman–Crippen MR) is 103 cm³/mol. The molecule has 0 aliphatic carbocycles. The monoisotopic (exact) mass is 353 g/mol. The van der Waals surface area contributed by atoms with Crippen LogP contribution in [0.15, 0.2) is 57.7 Å². The predicted octanol–water partition coefficient (Wildman–Crippen LogP) is 3.93. The Kier molecular flexibility index (Phi) is 5.92. The van der Waals surface area contributed by atoms with Crippen molar-refractivity contribution >= 4 is 11.0 Å². The van der Waals surface area contributed by atoms with Crippen molar-refractivity contribution in [3.8, 4) is 22.8 Å². The molecule has 136 valence electrons. The Labute approximate surface area is 152 Å². The molecule has 5 heteroatoms. The van der Waals surface area contributed by atoms with Gasteiger partial charge in [-0.1, -0.05) is 37.3 Å². The molecule has 1 aromatic heterocycles. The number of hydrogen-bond donors (Lipinski definition) is 2. The minimum atomic E-state index is -0.280. The molecular weight excluding hydrogens is 330 g/mol. The summed E-state index contributed by atoms with van der Waals surface area (Å²) in [6.45, 7) is 4.51. The van der Waals surface area contributed by atoms with Crippen molar-refractivity contribution in [3.63, 3.8) is 0 Å². The van der Waals surface area contributed by atoms with Crippen molar-refractivity contribution in [1.29, 1.82) is 0 Å². The van der Waals surface area contributed by atoms with Gasteiger partial charge in [-0.05, 0) is 25.9 Å². The van der Waals surface area contributed by atoms with Gasteiger partial charge < -0.3 is 19.6 Å². The second-order valence-electron chi connectivity index (χ2n) is 6.11. The maximum atomic E-state index is 12.4. The van der Waals surface area contributed by atoms with Crippen LogP contribution in [0.25, 0.3) is 22.3 Å². The fraction of sp³-hybridized carbons (Fsp3) is 0.286. The van der Waals surface area contributed by atoms with E-state index in [1.807, 2.05) is 30.3 Å². The average molecular weight is 353 g/mol. The topological polar surface area (TPSA) is 71.7 Å². The van der Waals surface area contributed by atoms with E-state index in [9.17, 15) is 9.90 Å². The van der Waals surface area contributed by atoms with Crippen molar-refractivity contribution in [2.45, 2.75) is 19.8 Å². The summed E-state index contributed by atoms with van der Waals surface area (Å²) in [5.41, 5.74) is 0.840. The van der Waals surface area contributed by atoms with E-state index in [0.717, 1.165) is 31.5 Å². The van der Waals surface area contributed by atoms with E-state index in [4.69, 9.17) is 9.15 Å². The molecule has 3 aromatic rings. The molecule has 0 aliphatic heterocycles. The van der Waals surface area contributed by atoms with Gasteiger partial charge in [0, 0.05) is 23.8 Å². The second kappa shape index (κ2) is 8.54. The first-order valence-corrected chi connectivity index (χ1v) is 8.89. The van der Waals surface area contributed by atoms with Crippen LogP contribution in [0.3, 0.4) is 0 Å². The molecule has 0 unspecified atom stereocenters. The molecule has 0 saturated heterocycles. The molecule has 0 radical (unpaired) electrons. The molecule has 0 bridgehead atoms. The summed E-state index contributed by atoms with van der Waals surface area (Å²) in [5.74, 6) is 0.817. The zero-order valence-corrected chi connectivity index (χ0v) is 14.8. The van der Waals surface area contributed by atoms with Crippen LogP contribution in [-0.2, 0) is 0 Å². The Balaban J connectivity index is 1.83. The molecule has 2 aromatic carbocycles. The number of aromatic hydroxyl groups is 1. The lowest BCUT2D eigenvalue weighted by molar-refractivity contribution is 0.306. The van der Waals surface area contributed by atoms with E-state index in [-0.39, 0.29) is 16.6 Å². The standard InChI is InChI=1S/C21H23NO4/c1-2-9-22-10-6-11-25-16-12-17(23)21-18(24)14-19(26-20(21)13-16)15-7-4-3-5-8-15/h3-5,7-8,12-14,22-23H,2,6,9-11H2,1H3. The summed E-state index contributed by atoms with van der Waals surface area (Å²) in [4.78, 5) is 12.4. The first-order valence-electron chi connectivity index (χ1n) is 8.89. The number of nitrogens with one attached hydrogen (secondary N) is 1. The molecule has 0 spiro atoms. The van der Waals surface area contributed by atoms with Crippen LogP contribution < -0.4 is 15.5 Å². The van der Waals surface area contributed by atoms with Gasteiger partial charge in [0.05, 0.1) is 6.61 Å². The summed E-state index contributed by atoms with van der Waals surface area (Å²) in [5, 5.41) is 13.7. The van der Waals surface area contributed by atoms with Gasteiger partial charge in [-0.2, -0.15) is 0 Å². The smallest absolute Gasteiger partial charge is 0.197 e. The number of benzene rings is 2. The van der Waals surface area contributed by atoms with Crippen LogP contribution in [0.2, 0.25) is 0 Å². The van der Waals surface area contributed by atoms with Gasteiger partial charge in [-0.25, -0.2) is 0 Å². The lowest BCUT2D eigenvalue weighted by Crippen LogP contribution is -2.18. The molecule has 2 N–H and O–H groups in total. The van der Waals surface area contributed by atoms with Crippen LogP contribution in [0.1, 0.15) is 19.8 Å². The molecule has 5 nitrogen and oxygen atoms in total. The molecule has 0 atom stereocenters. The Hall–Kier alpha value is -2.79. The number of fused-ring (bicyclic) bond motifs is 1. The van der Waals surface area contributed by atoms with Crippen LogP contribution in [0.5, 0.6) is 11.5 Å². The third-order valence-corrected chi connectivity index (χ3v) is 4.04. The number of ether oxygens (including phenoxy) is 1. The van der Waals surface area contributed by atoms with Crippen molar-refractivity contribution in [2.75, 3.05) is 19.7 Å². The fourth-order valence-electron chi connectivity index (χ4n) is 2.76. The minimum Gasteiger partial charge on any atom is -0.507 e. The Morgan fingerprint density at radius 2 is 1.92 bits per heavy atom. The summed E-state index contributed by atoms with van der Waals surface area (Å²) >= 11 is 0. The largest absolute Gasteiger partial charge is 0.507 e. The van der Waals surface area contributed by atoms with Gasteiger partial charge in [0.15, 0.2) is 5.43 Å². The van der Waals surface area contributed by atoms with Crippen molar-refractivity contribution < 1.29 is 14.3 Å². The summed E-state index contributed by atoms with van der Waals surface area (Å²) < 4.78 is 11.6. The number of hydrogen-bond acceptors (Lipinski definition) is 5. The molecule has 26 heavy (non-hydrogen) atoms. The fourth-order valence-corrected chi connectivity index (χ4v) is 2.76. The van der Waals surface area contributed by atoms with Gasteiger partial charge in [-0.15, -0.1) is 0 Å². The zero-order chi connectivity index (χ0) is 18.4. The maximum Gasteiger partial charge on any atom is 0.197 e. The van der Waals surface area contributed by atoms with E-state index >= 15 is 0 Å².